The lowest BCUT2D eigenvalue weighted by atomic mass is 9.82. The van der Waals surface area contributed by atoms with Crippen LogP contribution in [0.1, 0.15) is 25.0 Å². The second-order valence-electron chi connectivity index (χ2n) is 19.3. The van der Waals surface area contributed by atoms with E-state index in [-0.39, 0.29) is 5.41 Å². The second kappa shape index (κ2) is 15.6. The van der Waals surface area contributed by atoms with Crippen molar-refractivity contribution in [3.8, 4) is 50.2 Å². The third kappa shape index (κ3) is 6.21. The number of fused-ring (bicyclic) bond motifs is 11. The van der Waals surface area contributed by atoms with Gasteiger partial charge in [0.25, 0.3) is 0 Å². The van der Waals surface area contributed by atoms with Gasteiger partial charge in [-0.25, -0.2) is 0 Å². The summed E-state index contributed by atoms with van der Waals surface area (Å²) in [4.78, 5) is 2.38. The number of para-hydroxylation sites is 3. The van der Waals surface area contributed by atoms with Crippen LogP contribution in [0.4, 0.5) is 17.1 Å². The summed E-state index contributed by atoms with van der Waals surface area (Å²) in [5, 5.41) is 7.18. The summed E-state index contributed by atoms with van der Waals surface area (Å²) in [6.45, 7) is 4.69. The molecule has 2 heterocycles. The Morgan fingerprint density at radius 1 is 0.386 bits per heavy atom. The Balaban J connectivity index is 0.795. The average molecular weight is 895 g/mol. The summed E-state index contributed by atoms with van der Waals surface area (Å²) in [6.07, 6.45) is 0. The number of aromatic nitrogens is 1. The first-order valence-electron chi connectivity index (χ1n) is 24.2. The molecular formula is C67H46N2O. The van der Waals surface area contributed by atoms with Crippen molar-refractivity contribution < 1.29 is 4.42 Å². The van der Waals surface area contributed by atoms with Crippen molar-refractivity contribution in [2.24, 2.45) is 0 Å². The molecule has 1 aliphatic rings. The zero-order valence-corrected chi connectivity index (χ0v) is 38.9. The highest BCUT2D eigenvalue weighted by molar-refractivity contribution is 6.21. The molecule has 11 aromatic carbocycles. The number of benzene rings is 11. The van der Waals surface area contributed by atoms with Gasteiger partial charge >= 0.3 is 0 Å². The normalized spacial score (nSPS) is 12.8. The third-order valence-electron chi connectivity index (χ3n) is 15.0. The first kappa shape index (κ1) is 40.2. The highest BCUT2D eigenvalue weighted by Crippen LogP contribution is 2.52. The average Bonchev–Trinajstić information content (AvgIpc) is 4.05. The van der Waals surface area contributed by atoms with Gasteiger partial charge in [-0.3, -0.25) is 0 Å². The highest BCUT2D eigenvalue weighted by atomic mass is 16.3. The fraction of sp³-hybridized carbons (Fsp3) is 0.0448. The molecule has 2 aromatic heterocycles. The monoisotopic (exact) mass is 894 g/mol. The summed E-state index contributed by atoms with van der Waals surface area (Å²) < 4.78 is 9.24. The van der Waals surface area contributed by atoms with Crippen molar-refractivity contribution in [3.63, 3.8) is 0 Å². The first-order valence-corrected chi connectivity index (χ1v) is 24.2. The van der Waals surface area contributed by atoms with Crippen molar-refractivity contribution in [2.45, 2.75) is 19.3 Å². The minimum absolute atomic E-state index is 0.141. The van der Waals surface area contributed by atoms with E-state index in [2.05, 4.69) is 266 Å². The van der Waals surface area contributed by atoms with Crippen LogP contribution in [-0.2, 0) is 5.41 Å². The molecule has 3 nitrogen and oxygen atoms in total. The zero-order valence-electron chi connectivity index (χ0n) is 38.9. The van der Waals surface area contributed by atoms with Crippen LogP contribution in [0.2, 0.25) is 0 Å². The first-order chi connectivity index (χ1) is 34.5. The molecule has 0 N–H and O–H groups in total. The fourth-order valence-electron chi connectivity index (χ4n) is 11.5. The van der Waals surface area contributed by atoms with Crippen LogP contribution < -0.4 is 4.90 Å². The largest absolute Gasteiger partial charge is 0.454 e. The van der Waals surface area contributed by atoms with Crippen LogP contribution in [0, 0.1) is 0 Å². The molecule has 0 atom stereocenters. The SMILES string of the molecule is CC1(C)c2ccccc2-c2ccc(N(c3ccc(-c4ccc(-c5ccc(-c6ccc7c(c6)c6ccccc6n7-c6ccccc6)cc5)cc4)cc3)c3cccc4c3oc3ccc5ccccc5c34)cc21. The lowest BCUT2D eigenvalue weighted by Crippen LogP contribution is -2.16. The maximum Gasteiger partial charge on any atom is 0.159 e. The number of hydrogen-bond acceptors (Lipinski definition) is 2. The van der Waals surface area contributed by atoms with Crippen LogP contribution in [-0.4, -0.2) is 4.57 Å². The molecule has 0 bridgehead atoms. The number of furan rings is 1. The summed E-state index contributed by atoms with van der Waals surface area (Å²) in [7, 11) is 0. The van der Waals surface area contributed by atoms with E-state index in [1.165, 1.54) is 88.3 Å². The fourth-order valence-corrected chi connectivity index (χ4v) is 11.5. The van der Waals surface area contributed by atoms with Crippen LogP contribution in [0.3, 0.4) is 0 Å². The quantitative estimate of drug-likeness (QED) is 0.159. The van der Waals surface area contributed by atoms with Gasteiger partial charge in [0.1, 0.15) is 5.58 Å². The number of anilines is 3. The Labute approximate surface area is 406 Å². The molecule has 0 saturated carbocycles. The molecule has 330 valence electrons. The molecule has 0 spiro atoms. The Bertz CT molecular complexity index is 4180. The molecule has 0 amide bonds. The predicted octanol–water partition coefficient (Wildman–Crippen LogP) is 18.6. The van der Waals surface area contributed by atoms with E-state index in [0.29, 0.717) is 0 Å². The molecule has 13 aromatic rings. The second-order valence-corrected chi connectivity index (χ2v) is 19.3. The Hall–Kier alpha value is -8.92. The van der Waals surface area contributed by atoms with Gasteiger partial charge in [-0.1, -0.05) is 190 Å². The smallest absolute Gasteiger partial charge is 0.159 e. The summed E-state index contributed by atoms with van der Waals surface area (Å²) >= 11 is 0. The van der Waals surface area contributed by atoms with Gasteiger partial charge in [0, 0.05) is 44.0 Å². The van der Waals surface area contributed by atoms with Gasteiger partial charge in [-0.2, -0.15) is 0 Å². The Morgan fingerprint density at radius 2 is 0.957 bits per heavy atom. The van der Waals surface area contributed by atoms with Gasteiger partial charge in [-0.05, 0) is 133 Å². The minimum Gasteiger partial charge on any atom is -0.454 e. The highest BCUT2D eigenvalue weighted by Gasteiger charge is 2.36. The van der Waals surface area contributed by atoms with Crippen LogP contribution >= 0.6 is 0 Å². The van der Waals surface area contributed by atoms with E-state index >= 15 is 0 Å². The number of hydrogen-bond donors (Lipinski definition) is 0. The van der Waals surface area contributed by atoms with E-state index in [4.69, 9.17) is 4.42 Å². The Kier molecular flexibility index (Phi) is 8.93. The van der Waals surface area contributed by atoms with Gasteiger partial charge < -0.3 is 13.9 Å². The Morgan fingerprint density at radius 3 is 1.71 bits per heavy atom. The molecular weight excluding hydrogens is 849 g/mol. The lowest BCUT2D eigenvalue weighted by Gasteiger charge is -2.28. The number of nitrogens with zero attached hydrogens (tertiary/aromatic N) is 2. The molecule has 3 heteroatoms. The van der Waals surface area contributed by atoms with Crippen molar-refractivity contribution in [1.29, 1.82) is 0 Å². The predicted molar refractivity (Wildman–Crippen MR) is 294 cm³/mol. The molecule has 0 fully saturated rings. The van der Waals surface area contributed by atoms with Gasteiger partial charge in [0.2, 0.25) is 0 Å². The summed E-state index contributed by atoms with van der Waals surface area (Å²) in [5.74, 6) is 0. The lowest BCUT2D eigenvalue weighted by molar-refractivity contribution is 0.660. The van der Waals surface area contributed by atoms with Gasteiger partial charge in [0.05, 0.1) is 16.7 Å². The summed E-state index contributed by atoms with van der Waals surface area (Å²) in [6, 6.07) is 88.4. The number of rotatable bonds is 7. The maximum absolute atomic E-state index is 6.87. The van der Waals surface area contributed by atoms with Crippen molar-refractivity contribution in [1.82, 2.24) is 4.57 Å². The van der Waals surface area contributed by atoms with Crippen LogP contribution in [0.25, 0.3) is 105 Å². The van der Waals surface area contributed by atoms with Gasteiger partial charge in [-0.15, -0.1) is 0 Å². The molecule has 0 saturated heterocycles. The van der Waals surface area contributed by atoms with Gasteiger partial charge in [0.15, 0.2) is 5.58 Å². The third-order valence-corrected chi connectivity index (χ3v) is 15.0. The zero-order chi connectivity index (χ0) is 46.5. The van der Waals surface area contributed by atoms with Crippen molar-refractivity contribution in [2.75, 3.05) is 4.90 Å². The maximum atomic E-state index is 6.87. The minimum atomic E-state index is -0.141. The van der Waals surface area contributed by atoms with E-state index < -0.39 is 0 Å². The van der Waals surface area contributed by atoms with Crippen LogP contribution in [0.15, 0.2) is 247 Å². The van der Waals surface area contributed by atoms with E-state index in [0.717, 1.165) is 44.6 Å². The summed E-state index contributed by atoms with van der Waals surface area (Å²) in [5.41, 5.74) is 20.8. The van der Waals surface area contributed by atoms with Crippen molar-refractivity contribution >= 4 is 71.6 Å². The van der Waals surface area contributed by atoms with Crippen molar-refractivity contribution in [3.05, 3.63) is 254 Å². The molecule has 0 aliphatic heterocycles. The van der Waals surface area contributed by atoms with E-state index in [9.17, 15) is 0 Å². The molecule has 70 heavy (non-hydrogen) atoms. The molecule has 0 unspecified atom stereocenters. The molecule has 1 aliphatic carbocycles. The molecule has 14 rings (SSSR count). The van der Waals surface area contributed by atoms with Crippen LogP contribution in [0.5, 0.6) is 0 Å². The van der Waals surface area contributed by atoms with E-state index in [1.54, 1.807) is 0 Å². The standard InChI is InChI=1S/C67H46N2O/c1-67(2)59-20-10-8-17-54(59)55-38-37-52(42-60(55)67)68(63-22-12-19-57-65-53-16-7-6-13-48(53)34-40-64(65)70-66(57)63)51-35-31-46(32-36-51)45-25-23-43(24-26-45)44-27-29-47(30-28-44)49-33-39-62-58(41-49)56-18-9-11-21-61(56)69(62)50-14-4-3-5-15-50/h3-42H,1-2H3. The van der Waals surface area contributed by atoms with E-state index in [1.807, 2.05) is 0 Å². The molecule has 0 radical (unpaired) electrons. The topological polar surface area (TPSA) is 21.3 Å².